The lowest BCUT2D eigenvalue weighted by Crippen LogP contribution is -2.00. The third-order valence-electron chi connectivity index (χ3n) is 9.42. The molecule has 3 aromatic carbocycles. The van der Waals surface area contributed by atoms with Gasteiger partial charge in [-0.1, -0.05) is 171 Å². The first-order chi connectivity index (χ1) is 23.6. The number of hydrogen-bond donors (Lipinski definition) is 1. The van der Waals surface area contributed by atoms with Crippen molar-refractivity contribution < 1.29 is 18.7 Å². The zero-order valence-electron chi connectivity index (χ0n) is 30.2. The van der Waals surface area contributed by atoms with E-state index in [-0.39, 0.29) is 0 Å². The third-order valence-corrected chi connectivity index (χ3v) is 9.82. The Labute approximate surface area is 294 Å². The van der Waals surface area contributed by atoms with Gasteiger partial charge in [0.1, 0.15) is 12.4 Å². The van der Waals surface area contributed by atoms with Crippen molar-refractivity contribution >= 4 is 8.25 Å². The van der Waals surface area contributed by atoms with Crippen molar-refractivity contribution in [3.05, 3.63) is 77.9 Å². The largest absolute Gasteiger partial charge is 0.694 e. The van der Waals surface area contributed by atoms with E-state index in [1.807, 2.05) is 0 Å². The van der Waals surface area contributed by atoms with Crippen LogP contribution in [0.3, 0.4) is 0 Å². The van der Waals surface area contributed by atoms with Gasteiger partial charge < -0.3 is 4.74 Å². The Morgan fingerprint density at radius 2 is 0.938 bits per heavy atom. The molecule has 5 heteroatoms. The van der Waals surface area contributed by atoms with Crippen LogP contribution in [0, 0.1) is 0 Å². The monoisotopic (exact) mass is 675 g/mol. The summed E-state index contributed by atoms with van der Waals surface area (Å²) in [4.78, 5) is 8.68. The molecular formula is C43H64O4P+. The maximum atomic E-state index is 10.6. The van der Waals surface area contributed by atoms with E-state index in [1.165, 1.54) is 130 Å². The highest BCUT2D eigenvalue weighted by Gasteiger charge is 2.11. The molecule has 0 saturated carbocycles. The van der Waals surface area contributed by atoms with Crippen molar-refractivity contribution in [2.45, 2.75) is 149 Å². The summed E-state index contributed by atoms with van der Waals surface area (Å²) in [6.45, 7) is 5.66. The van der Waals surface area contributed by atoms with Crippen LogP contribution in [-0.4, -0.2) is 18.1 Å². The van der Waals surface area contributed by atoms with Gasteiger partial charge in [0, 0.05) is 10.1 Å². The number of rotatable bonds is 28. The quantitative estimate of drug-likeness (QED) is 0.0615. The van der Waals surface area contributed by atoms with Gasteiger partial charge in [0.05, 0.1) is 6.61 Å². The smallest absolute Gasteiger partial charge is 0.493 e. The van der Waals surface area contributed by atoms with Crippen LogP contribution in [0.5, 0.6) is 5.75 Å². The molecule has 1 unspecified atom stereocenters. The van der Waals surface area contributed by atoms with Gasteiger partial charge in [-0.3, -0.25) is 0 Å². The molecule has 1 N–H and O–H groups in total. The molecule has 0 amide bonds. The SMILES string of the molecule is CCCCCCCc1ccc(-c2ccc(-c3ccc(CCCCCCC)cc3)c(OCCCCCCCCCCCO[P+](=O)O)c2)cc1. The summed E-state index contributed by atoms with van der Waals surface area (Å²) in [6.07, 6.45) is 25.7. The van der Waals surface area contributed by atoms with E-state index >= 15 is 0 Å². The van der Waals surface area contributed by atoms with Gasteiger partial charge in [-0.05, 0) is 72.4 Å². The second-order valence-corrected chi connectivity index (χ2v) is 14.3. The summed E-state index contributed by atoms with van der Waals surface area (Å²) in [7, 11) is -2.45. The van der Waals surface area contributed by atoms with E-state index in [1.54, 1.807) is 0 Å². The molecule has 0 fully saturated rings. The van der Waals surface area contributed by atoms with Crippen LogP contribution in [0.4, 0.5) is 0 Å². The normalized spacial score (nSPS) is 11.6. The number of hydrogen-bond acceptors (Lipinski definition) is 3. The molecule has 264 valence electrons. The zero-order chi connectivity index (χ0) is 34.1. The summed E-state index contributed by atoms with van der Waals surface area (Å²) < 4.78 is 21.8. The molecule has 0 bridgehead atoms. The van der Waals surface area contributed by atoms with Crippen LogP contribution < -0.4 is 4.74 Å². The first-order valence-electron chi connectivity index (χ1n) is 19.3. The minimum Gasteiger partial charge on any atom is -0.493 e. The van der Waals surface area contributed by atoms with Crippen LogP contribution in [0.2, 0.25) is 0 Å². The summed E-state index contributed by atoms with van der Waals surface area (Å²) >= 11 is 0. The highest BCUT2D eigenvalue weighted by atomic mass is 31.1. The van der Waals surface area contributed by atoms with E-state index < -0.39 is 8.25 Å². The van der Waals surface area contributed by atoms with Gasteiger partial charge in [-0.2, -0.15) is 0 Å². The second-order valence-electron chi connectivity index (χ2n) is 13.5. The zero-order valence-corrected chi connectivity index (χ0v) is 31.1. The lowest BCUT2D eigenvalue weighted by atomic mass is 9.96. The lowest BCUT2D eigenvalue weighted by molar-refractivity contribution is 0.273. The first kappa shape index (κ1) is 39.9. The molecule has 0 heterocycles. The van der Waals surface area contributed by atoms with E-state index in [0.29, 0.717) is 6.61 Å². The Hall–Kier alpha value is -2.52. The van der Waals surface area contributed by atoms with E-state index in [2.05, 4.69) is 80.6 Å². The predicted octanol–water partition coefficient (Wildman–Crippen LogP) is 13.6. The predicted molar refractivity (Wildman–Crippen MR) is 205 cm³/mol. The summed E-state index contributed by atoms with van der Waals surface area (Å²) in [5.74, 6) is 0.981. The van der Waals surface area contributed by atoms with Gasteiger partial charge in [0.15, 0.2) is 0 Å². The van der Waals surface area contributed by atoms with Gasteiger partial charge in [0.25, 0.3) is 0 Å². The number of ether oxygens (including phenoxy) is 1. The minimum atomic E-state index is -2.45. The molecule has 0 aliphatic rings. The van der Waals surface area contributed by atoms with Gasteiger partial charge >= 0.3 is 8.25 Å². The molecule has 4 nitrogen and oxygen atoms in total. The van der Waals surface area contributed by atoms with Crippen molar-refractivity contribution in [2.75, 3.05) is 13.2 Å². The topological polar surface area (TPSA) is 55.8 Å². The van der Waals surface area contributed by atoms with Crippen LogP contribution in [-0.2, 0) is 21.9 Å². The average molecular weight is 676 g/mol. The fourth-order valence-corrected chi connectivity index (χ4v) is 6.69. The summed E-state index contributed by atoms with van der Waals surface area (Å²) in [5, 5.41) is 0. The molecule has 48 heavy (non-hydrogen) atoms. The molecule has 0 radical (unpaired) electrons. The highest BCUT2D eigenvalue weighted by molar-refractivity contribution is 7.32. The van der Waals surface area contributed by atoms with E-state index in [4.69, 9.17) is 14.2 Å². The Balaban J connectivity index is 1.54. The van der Waals surface area contributed by atoms with Crippen molar-refractivity contribution in [1.82, 2.24) is 0 Å². The summed E-state index contributed by atoms with van der Waals surface area (Å²) in [6, 6.07) is 25.1. The number of aryl methyl sites for hydroxylation is 2. The first-order valence-corrected chi connectivity index (χ1v) is 20.5. The second kappa shape index (κ2) is 25.5. The minimum absolute atomic E-state index is 0.381. The molecule has 0 aliphatic carbocycles. The van der Waals surface area contributed by atoms with E-state index in [9.17, 15) is 4.57 Å². The Bertz CT molecular complexity index is 1250. The van der Waals surface area contributed by atoms with Gasteiger partial charge in [-0.25, -0.2) is 0 Å². The van der Waals surface area contributed by atoms with Gasteiger partial charge in [0.2, 0.25) is 0 Å². The van der Waals surface area contributed by atoms with Crippen LogP contribution in [0.15, 0.2) is 66.7 Å². The average Bonchev–Trinajstić information content (AvgIpc) is 3.10. The Morgan fingerprint density at radius 3 is 1.46 bits per heavy atom. The fraction of sp³-hybridized carbons (Fsp3) is 0.581. The molecular weight excluding hydrogens is 611 g/mol. The molecule has 3 aromatic rings. The Morgan fingerprint density at radius 1 is 0.500 bits per heavy atom. The highest BCUT2D eigenvalue weighted by Crippen LogP contribution is 2.35. The number of unbranched alkanes of at least 4 members (excludes halogenated alkanes) is 16. The summed E-state index contributed by atoms with van der Waals surface area (Å²) in [5.41, 5.74) is 7.71. The molecule has 0 saturated heterocycles. The maximum Gasteiger partial charge on any atom is 0.694 e. The van der Waals surface area contributed by atoms with E-state index in [0.717, 1.165) is 50.9 Å². The standard InChI is InChI=1S/C43H63O4P/c1-3-5-7-14-18-22-37-24-28-39(29-25-37)41-32-33-42(40-30-26-38(27-31-40)23-19-15-8-6-4-2)43(36-41)46-34-20-16-12-10-9-11-13-17-21-35-47-48(44)45/h24-33,36H,3-23,34-35H2,1-2H3/p+1. The maximum absolute atomic E-state index is 10.6. The molecule has 0 aromatic heterocycles. The van der Waals surface area contributed by atoms with Crippen molar-refractivity contribution in [2.24, 2.45) is 0 Å². The van der Waals surface area contributed by atoms with Crippen LogP contribution in [0.25, 0.3) is 22.3 Å². The van der Waals surface area contributed by atoms with Crippen LogP contribution in [0.1, 0.15) is 147 Å². The molecule has 3 rings (SSSR count). The van der Waals surface area contributed by atoms with Crippen molar-refractivity contribution in [1.29, 1.82) is 0 Å². The van der Waals surface area contributed by atoms with Crippen molar-refractivity contribution in [3.63, 3.8) is 0 Å². The lowest BCUT2D eigenvalue weighted by Gasteiger charge is -2.15. The molecule has 0 spiro atoms. The van der Waals surface area contributed by atoms with Crippen molar-refractivity contribution in [3.8, 4) is 28.0 Å². The fourth-order valence-electron chi connectivity index (χ4n) is 6.41. The Kier molecular flexibility index (Phi) is 21.2. The molecule has 1 atom stereocenters. The van der Waals surface area contributed by atoms with Crippen LogP contribution >= 0.6 is 8.25 Å². The molecule has 0 aliphatic heterocycles. The third kappa shape index (κ3) is 16.7. The van der Waals surface area contributed by atoms with Gasteiger partial charge in [-0.15, -0.1) is 9.42 Å². The number of benzene rings is 3.